The van der Waals surface area contributed by atoms with Crippen LogP contribution in [0.2, 0.25) is 0 Å². The number of carbonyl (C=O) groups excluding carboxylic acids is 9. The first kappa shape index (κ1) is 74.7. The van der Waals surface area contributed by atoms with Crippen molar-refractivity contribution in [2.45, 2.75) is 198 Å². The van der Waals surface area contributed by atoms with Crippen LogP contribution in [0, 0.1) is 28.6 Å². The Kier molecular flexibility index (Phi) is 27.1. The van der Waals surface area contributed by atoms with E-state index in [9.17, 15) is 58.5 Å². The maximum atomic E-state index is 14.7. The summed E-state index contributed by atoms with van der Waals surface area (Å²) in [4.78, 5) is 127. The van der Waals surface area contributed by atoms with Crippen molar-refractivity contribution in [3.8, 4) is 0 Å². The molecule has 0 radical (unpaired) electrons. The Bertz CT molecular complexity index is 3370. The molecule has 1 aliphatic heterocycles. The molecule has 1 saturated heterocycles. The SMILES string of the molecule is CC(O)[C@@H]1NC(=O)[C@H](CCCCN)NC(=O)[C@@H](Cc2c[nH]c3ccccc23)NC(=O)[C@H](Cc2ccccc2)NC(=O)[C@@H](NC(=O)[C@H](N)Cc2ccccc2)CSSC[C@@H](C(=O)N[C@H](CO)[C@@H](C)O)NC1=O.CCC(=O)O[C@H]1CC[C@H]2[C@@H]3CCC4=CC(=O)CC[C@]4(C)[C@H]3CC[C@]12C. The van der Waals surface area contributed by atoms with Crippen LogP contribution >= 0.6 is 21.6 Å². The van der Waals surface area contributed by atoms with Gasteiger partial charge in [0.05, 0.1) is 30.9 Å². The lowest BCUT2D eigenvalue weighted by Crippen LogP contribution is -2.62. The Morgan fingerprint density at radius 1 is 0.719 bits per heavy atom. The number of nitrogens with two attached hydrogens (primary N) is 2. The number of rotatable bonds is 19. The molecule has 4 aliphatic carbocycles. The molecule has 1 aromatic heterocycles. The Morgan fingerprint density at radius 3 is 2.04 bits per heavy atom. The van der Waals surface area contributed by atoms with E-state index in [4.69, 9.17) is 16.2 Å². The van der Waals surface area contributed by atoms with E-state index < -0.39 is 108 Å². The highest BCUT2D eigenvalue weighted by Gasteiger charge is 2.60. The number of hydrogen-bond acceptors (Lipinski definition) is 17. The fraction of sp³-hybridized carbons (Fsp3) is 0.563. The van der Waals surface area contributed by atoms with Crippen molar-refractivity contribution in [2.24, 2.45) is 40.1 Å². The van der Waals surface area contributed by atoms with Crippen LogP contribution in [-0.2, 0) is 67.2 Å². The van der Waals surface area contributed by atoms with Crippen molar-refractivity contribution in [1.29, 1.82) is 0 Å². The second-order valence-electron chi connectivity index (χ2n) is 26.9. The van der Waals surface area contributed by atoms with Gasteiger partial charge in [-0.1, -0.05) is 127 Å². The molecule has 2 heterocycles. The first-order valence-electron chi connectivity index (χ1n) is 33.8. The van der Waals surface area contributed by atoms with Gasteiger partial charge in [0, 0.05) is 59.7 Å². The number of H-pyrrole nitrogens is 1. The number of ketones is 1. The van der Waals surface area contributed by atoms with Crippen LogP contribution in [0.25, 0.3) is 10.9 Å². The summed E-state index contributed by atoms with van der Waals surface area (Å²) in [6.45, 7) is 8.92. The maximum absolute atomic E-state index is 14.7. The van der Waals surface area contributed by atoms with Crippen LogP contribution < -0.4 is 48.7 Å². The number of ether oxygens (including phenoxy) is 1. The molecule has 522 valence electrons. The summed E-state index contributed by atoms with van der Waals surface area (Å²) < 4.78 is 5.86. The molecule has 9 rings (SSSR count). The number of aromatic amines is 1. The average molecular weight is 1360 g/mol. The number of amides is 7. The number of esters is 1. The highest BCUT2D eigenvalue weighted by atomic mass is 33.1. The van der Waals surface area contributed by atoms with Crippen molar-refractivity contribution in [3.05, 3.63) is 119 Å². The summed E-state index contributed by atoms with van der Waals surface area (Å²) in [6.07, 6.45) is 11.1. The van der Waals surface area contributed by atoms with E-state index >= 15 is 0 Å². The summed E-state index contributed by atoms with van der Waals surface area (Å²) in [5, 5.41) is 50.5. The van der Waals surface area contributed by atoms with Crippen molar-refractivity contribution in [2.75, 3.05) is 24.7 Å². The topological polar surface area (TPSA) is 376 Å². The molecule has 4 aromatic rings. The van der Waals surface area contributed by atoms with Crippen LogP contribution in [0.3, 0.4) is 0 Å². The third-order valence-corrected chi connectivity index (χ3v) is 22.7. The summed E-state index contributed by atoms with van der Waals surface area (Å²) >= 11 is 0. The second-order valence-corrected chi connectivity index (χ2v) is 29.4. The van der Waals surface area contributed by atoms with Gasteiger partial charge in [-0.2, -0.15) is 0 Å². The molecule has 16 atom stereocenters. The van der Waals surface area contributed by atoms with Gasteiger partial charge in [0.15, 0.2) is 5.78 Å². The molecule has 96 heavy (non-hydrogen) atoms. The molecular weight excluding hydrogens is 1260 g/mol. The number of aliphatic hydroxyl groups excluding tert-OH is 3. The molecule has 7 amide bonds. The minimum atomic E-state index is -1.66. The fourth-order valence-electron chi connectivity index (χ4n) is 14.7. The number of hydrogen-bond donors (Lipinski definition) is 13. The standard InChI is InChI=1S/C49H66N10O10S2.C22H32O3/c1-28(61)39(25-60)56-48(68)41-27-71-70-26-40(57-43(63)34(51)21-30-13-5-3-6-14-30)47(67)54-37(22-31-15-7-4-8-16-31)45(65)55-38(23-32-24-52-35-18-10-9-17-33(32)35)46(66)53-36(19-11-12-20-50)44(64)59-42(29(2)62)49(69)58-41;1-4-20(24)25-19-8-7-17-16-6-5-14-13-15(23)9-11-21(14,2)18(16)10-12-22(17,19)3/h3-10,13-18,24,28-29,34,36-42,52,60-62H,11-12,19-23,25-27,50-51H2,1-2H3,(H,53,66)(H,54,67)(H,55,65)(H,56,68)(H,57,63)(H,58,69)(H,59,64);13,16-19H,4-12H2,1-3H3/t28-,29?,34-,36+,37+,38-,39-,40+,41+,42+;16-,17-,18-,19-,21-,22-/m10/s1. The van der Waals surface area contributed by atoms with Gasteiger partial charge in [-0.15, -0.1) is 0 Å². The van der Waals surface area contributed by atoms with Gasteiger partial charge in [0.2, 0.25) is 41.4 Å². The fourth-order valence-corrected chi connectivity index (χ4v) is 17.0. The lowest BCUT2D eigenvalue weighted by atomic mass is 9.47. The number of para-hydroxylation sites is 1. The van der Waals surface area contributed by atoms with E-state index in [1.54, 1.807) is 60.8 Å². The zero-order valence-corrected chi connectivity index (χ0v) is 57.3. The number of aromatic nitrogens is 1. The zero-order valence-electron chi connectivity index (χ0n) is 55.7. The second kappa shape index (κ2) is 34.9. The monoisotopic (exact) mass is 1360 g/mol. The van der Waals surface area contributed by atoms with E-state index in [0.717, 1.165) is 76.1 Å². The first-order chi connectivity index (χ1) is 46.0. The average Bonchev–Trinajstić information content (AvgIpc) is 1.34. The lowest BCUT2D eigenvalue weighted by Gasteiger charge is -2.57. The van der Waals surface area contributed by atoms with Crippen molar-refractivity contribution in [1.82, 2.24) is 42.2 Å². The molecule has 3 aromatic carbocycles. The zero-order chi connectivity index (χ0) is 69.3. The van der Waals surface area contributed by atoms with E-state index in [2.05, 4.69) is 56.0 Å². The lowest BCUT2D eigenvalue weighted by molar-refractivity contribution is -0.159. The number of carbonyl (C=O) groups is 9. The molecular formula is C71H98N10O13S2. The van der Waals surface area contributed by atoms with E-state index in [1.807, 2.05) is 43.3 Å². The summed E-state index contributed by atoms with van der Waals surface area (Å²) in [5.74, 6) is -3.60. The van der Waals surface area contributed by atoms with Gasteiger partial charge in [0.25, 0.3) is 0 Å². The predicted molar refractivity (Wildman–Crippen MR) is 369 cm³/mol. The first-order valence-corrected chi connectivity index (χ1v) is 36.3. The number of benzene rings is 3. The van der Waals surface area contributed by atoms with Crippen LogP contribution in [0.4, 0.5) is 0 Å². The smallest absolute Gasteiger partial charge is 0.305 e. The number of allylic oxidation sites excluding steroid dienone is 1. The highest BCUT2D eigenvalue weighted by molar-refractivity contribution is 8.76. The molecule has 25 heteroatoms. The van der Waals surface area contributed by atoms with Crippen molar-refractivity contribution in [3.63, 3.8) is 0 Å². The molecule has 4 fully saturated rings. The van der Waals surface area contributed by atoms with Crippen LogP contribution in [0.1, 0.15) is 128 Å². The highest BCUT2D eigenvalue weighted by Crippen LogP contribution is 2.65. The third-order valence-electron chi connectivity index (χ3n) is 20.3. The van der Waals surface area contributed by atoms with Gasteiger partial charge < -0.3 is 73.7 Å². The molecule has 5 aliphatic rings. The summed E-state index contributed by atoms with van der Waals surface area (Å²) in [6, 6.07) is 14.6. The van der Waals surface area contributed by atoms with Gasteiger partial charge >= 0.3 is 5.97 Å². The summed E-state index contributed by atoms with van der Waals surface area (Å²) in [7, 11) is 2.06. The minimum absolute atomic E-state index is 0.0340. The molecule has 23 nitrogen and oxygen atoms in total. The Morgan fingerprint density at radius 2 is 1.36 bits per heavy atom. The largest absolute Gasteiger partial charge is 0.462 e. The van der Waals surface area contributed by atoms with Crippen LogP contribution in [0.5, 0.6) is 0 Å². The number of fused-ring (bicyclic) bond motifs is 6. The normalized spacial score (nSPS) is 28.8. The van der Waals surface area contributed by atoms with E-state index in [1.165, 1.54) is 38.7 Å². The quantitative estimate of drug-likeness (QED) is 0.0358. The summed E-state index contributed by atoms with van der Waals surface area (Å²) in [5.41, 5.74) is 16.8. The van der Waals surface area contributed by atoms with Crippen molar-refractivity contribution >= 4 is 85.6 Å². The number of nitrogens with one attached hydrogen (secondary N) is 8. The molecule has 0 spiro atoms. The molecule has 15 N–H and O–H groups in total. The molecule has 3 saturated carbocycles. The predicted octanol–water partition coefficient (Wildman–Crippen LogP) is 4.03. The number of aliphatic hydroxyl groups is 3. The van der Waals surface area contributed by atoms with E-state index in [-0.39, 0.29) is 66.6 Å². The van der Waals surface area contributed by atoms with Gasteiger partial charge in [-0.3, -0.25) is 43.2 Å². The van der Waals surface area contributed by atoms with Gasteiger partial charge in [0.1, 0.15) is 42.4 Å². The van der Waals surface area contributed by atoms with Gasteiger partial charge in [-0.25, -0.2) is 0 Å². The van der Waals surface area contributed by atoms with Crippen LogP contribution in [-0.4, -0.2) is 165 Å². The minimum Gasteiger partial charge on any atom is -0.462 e. The van der Waals surface area contributed by atoms with Crippen molar-refractivity contribution < 1.29 is 63.2 Å². The Balaban J connectivity index is 0.000000388. The van der Waals surface area contributed by atoms with Gasteiger partial charge in [-0.05, 0) is 143 Å². The third kappa shape index (κ3) is 19.2. The number of unbranched alkanes of at least 4 members (excludes halogenated alkanes) is 1. The maximum Gasteiger partial charge on any atom is 0.305 e. The Hall–Kier alpha value is -7.13. The Labute approximate surface area is 569 Å². The molecule has 1 unspecified atom stereocenters. The molecule has 0 bridgehead atoms. The van der Waals surface area contributed by atoms with Crippen LogP contribution in [0.15, 0.2) is 103 Å². The van der Waals surface area contributed by atoms with E-state index in [0.29, 0.717) is 48.0 Å².